The predicted octanol–water partition coefficient (Wildman–Crippen LogP) is 2.69. The van der Waals surface area contributed by atoms with Gasteiger partial charge in [-0.1, -0.05) is 13.0 Å². The van der Waals surface area contributed by atoms with E-state index in [2.05, 4.69) is 6.92 Å². The molecule has 76 valence electrons. The van der Waals surface area contributed by atoms with Gasteiger partial charge in [-0.25, -0.2) is 0 Å². The third kappa shape index (κ3) is 2.00. The van der Waals surface area contributed by atoms with E-state index in [4.69, 9.17) is 10.5 Å². The molecular formula is C12H17NO. The number of nitrogens with two attached hydrogens (primary N) is 1. The molecule has 1 aliphatic carbocycles. The van der Waals surface area contributed by atoms with Crippen LogP contribution < -0.4 is 10.5 Å². The van der Waals surface area contributed by atoms with Gasteiger partial charge in [0.2, 0.25) is 0 Å². The van der Waals surface area contributed by atoms with Gasteiger partial charge in [-0.05, 0) is 36.8 Å². The minimum atomic E-state index is 0.747. The van der Waals surface area contributed by atoms with E-state index in [0.29, 0.717) is 0 Å². The number of anilines is 1. The lowest BCUT2D eigenvalue weighted by Crippen LogP contribution is -2.28. The summed E-state index contributed by atoms with van der Waals surface area (Å²) in [5.41, 5.74) is 6.43. The van der Waals surface area contributed by atoms with E-state index in [1.165, 1.54) is 12.8 Å². The van der Waals surface area contributed by atoms with Gasteiger partial charge >= 0.3 is 0 Å². The summed E-state index contributed by atoms with van der Waals surface area (Å²) in [5, 5.41) is 0. The Hall–Kier alpha value is -1.18. The Labute approximate surface area is 85.1 Å². The highest BCUT2D eigenvalue weighted by atomic mass is 16.5. The second kappa shape index (κ2) is 3.91. The number of benzene rings is 1. The molecule has 1 saturated carbocycles. The van der Waals surface area contributed by atoms with Gasteiger partial charge in [0.05, 0.1) is 6.61 Å². The molecule has 0 amide bonds. The Balaban J connectivity index is 1.85. The average molecular weight is 191 g/mol. The molecule has 14 heavy (non-hydrogen) atoms. The Morgan fingerprint density at radius 2 is 2.29 bits per heavy atom. The molecule has 1 aromatic rings. The number of nitrogen functional groups attached to an aromatic ring is 1. The van der Waals surface area contributed by atoms with E-state index in [9.17, 15) is 0 Å². The zero-order valence-electron chi connectivity index (χ0n) is 8.57. The van der Waals surface area contributed by atoms with E-state index in [1.807, 2.05) is 24.3 Å². The molecule has 2 atom stereocenters. The fraction of sp³-hybridized carbons (Fsp3) is 0.500. The zero-order chi connectivity index (χ0) is 9.97. The SMILES string of the molecule is C[C@H]1CC[C@@H]1COc1cccc(N)c1. The minimum absolute atomic E-state index is 0.747. The van der Waals surface area contributed by atoms with E-state index >= 15 is 0 Å². The highest BCUT2D eigenvalue weighted by Crippen LogP contribution is 2.33. The first-order chi connectivity index (χ1) is 6.75. The molecule has 0 unspecified atom stereocenters. The first-order valence-electron chi connectivity index (χ1n) is 5.24. The first-order valence-corrected chi connectivity index (χ1v) is 5.24. The normalized spacial score (nSPS) is 25.5. The predicted molar refractivity (Wildman–Crippen MR) is 58.2 cm³/mol. The van der Waals surface area contributed by atoms with E-state index < -0.39 is 0 Å². The van der Waals surface area contributed by atoms with Crippen molar-refractivity contribution in [2.45, 2.75) is 19.8 Å². The third-order valence-corrected chi connectivity index (χ3v) is 3.12. The van der Waals surface area contributed by atoms with Crippen LogP contribution >= 0.6 is 0 Å². The topological polar surface area (TPSA) is 35.2 Å². The van der Waals surface area contributed by atoms with Gasteiger partial charge in [0.1, 0.15) is 5.75 Å². The lowest BCUT2D eigenvalue weighted by molar-refractivity contribution is 0.116. The number of rotatable bonds is 3. The first kappa shape index (κ1) is 9.38. The standard InChI is InChI=1S/C12H17NO/c1-9-5-6-10(9)8-14-12-4-2-3-11(13)7-12/h2-4,7,9-10H,5-6,8,13H2,1H3/t9-,10+/m0/s1. The number of hydrogen-bond acceptors (Lipinski definition) is 2. The summed E-state index contributed by atoms with van der Waals surface area (Å²) in [7, 11) is 0. The molecule has 1 fully saturated rings. The Morgan fingerprint density at radius 1 is 1.43 bits per heavy atom. The van der Waals surface area contributed by atoms with Crippen LogP contribution in [0.5, 0.6) is 5.75 Å². The van der Waals surface area contributed by atoms with E-state index in [0.717, 1.165) is 29.9 Å². The highest BCUT2D eigenvalue weighted by Gasteiger charge is 2.26. The van der Waals surface area contributed by atoms with Gasteiger partial charge in [-0.15, -0.1) is 0 Å². The summed E-state index contributed by atoms with van der Waals surface area (Å²) in [6, 6.07) is 7.64. The Bertz CT molecular complexity index is 311. The molecule has 0 saturated heterocycles. The minimum Gasteiger partial charge on any atom is -0.493 e. The van der Waals surface area contributed by atoms with Gasteiger partial charge in [0.25, 0.3) is 0 Å². The largest absolute Gasteiger partial charge is 0.493 e. The second-order valence-corrected chi connectivity index (χ2v) is 4.20. The van der Waals surface area contributed by atoms with E-state index in [1.54, 1.807) is 0 Å². The van der Waals surface area contributed by atoms with E-state index in [-0.39, 0.29) is 0 Å². The fourth-order valence-corrected chi connectivity index (χ4v) is 1.79. The molecule has 0 heterocycles. The maximum absolute atomic E-state index is 5.68. The number of hydrogen-bond donors (Lipinski definition) is 1. The van der Waals surface area contributed by atoms with Crippen molar-refractivity contribution in [3.8, 4) is 5.75 Å². The maximum Gasteiger partial charge on any atom is 0.121 e. The van der Waals surface area contributed by atoms with Crippen LogP contribution in [0.15, 0.2) is 24.3 Å². The average Bonchev–Trinajstić information content (AvgIpc) is 2.16. The van der Waals surface area contributed by atoms with Gasteiger partial charge in [-0.2, -0.15) is 0 Å². The Morgan fingerprint density at radius 3 is 2.86 bits per heavy atom. The molecular weight excluding hydrogens is 174 g/mol. The van der Waals surface area contributed by atoms with Crippen molar-refractivity contribution in [3.05, 3.63) is 24.3 Å². The van der Waals surface area contributed by atoms with Crippen molar-refractivity contribution >= 4 is 5.69 Å². The molecule has 1 aliphatic rings. The summed E-state index contributed by atoms with van der Waals surface area (Å²) in [6.07, 6.45) is 2.66. The molecule has 0 radical (unpaired) electrons. The molecule has 1 aromatic carbocycles. The highest BCUT2D eigenvalue weighted by molar-refractivity contribution is 5.43. The molecule has 0 spiro atoms. The van der Waals surface area contributed by atoms with Crippen LogP contribution in [0.3, 0.4) is 0 Å². The van der Waals surface area contributed by atoms with Crippen LogP contribution in [-0.2, 0) is 0 Å². The van der Waals surface area contributed by atoms with Gasteiger partial charge in [-0.3, -0.25) is 0 Å². The maximum atomic E-state index is 5.68. The van der Waals surface area contributed by atoms with Crippen LogP contribution in [0, 0.1) is 11.8 Å². The summed E-state index contributed by atoms with van der Waals surface area (Å²) in [4.78, 5) is 0. The summed E-state index contributed by atoms with van der Waals surface area (Å²) in [6.45, 7) is 3.13. The van der Waals surface area contributed by atoms with Crippen molar-refractivity contribution in [2.75, 3.05) is 12.3 Å². The quantitative estimate of drug-likeness (QED) is 0.745. The molecule has 0 bridgehead atoms. The van der Waals surface area contributed by atoms with Crippen LogP contribution in [-0.4, -0.2) is 6.61 Å². The molecule has 2 heteroatoms. The Kier molecular flexibility index (Phi) is 2.62. The van der Waals surface area contributed by atoms with Crippen molar-refractivity contribution in [1.29, 1.82) is 0 Å². The van der Waals surface area contributed by atoms with Crippen molar-refractivity contribution in [2.24, 2.45) is 11.8 Å². The third-order valence-electron chi connectivity index (χ3n) is 3.12. The van der Waals surface area contributed by atoms with Crippen molar-refractivity contribution in [1.82, 2.24) is 0 Å². The molecule has 0 aliphatic heterocycles. The van der Waals surface area contributed by atoms with Gasteiger partial charge in [0.15, 0.2) is 0 Å². The van der Waals surface area contributed by atoms with Gasteiger partial charge in [0, 0.05) is 11.8 Å². The molecule has 0 aromatic heterocycles. The summed E-state index contributed by atoms with van der Waals surface area (Å²) in [5.74, 6) is 2.47. The smallest absolute Gasteiger partial charge is 0.121 e. The zero-order valence-corrected chi connectivity index (χ0v) is 8.57. The lowest BCUT2D eigenvalue weighted by Gasteiger charge is -2.33. The molecule has 2 nitrogen and oxygen atoms in total. The van der Waals surface area contributed by atoms with Crippen LogP contribution in [0.2, 0.25) is 0 Å². The fourth-order valence-electron chi connectivity index (χ4n) is 1.79. The van der Waals surface area contributed by atoms with Crippen molar-refractivity contribution in [3.63, 3.8) is 0 Å². The summed E-state index contributed by atoms with van der Waals surface area (Å²) < 4.78 is 5.68. The van der Waals surface area contributed by atoms with Gasteiger partial charge < -0.3 is 10.5 Å². The van der Waals surface area contributed by atoms with Crippen LogP contribution in [0.4, 0.5) is 5.69 Å². The van der Waals surface area contributed by atoms with Crippen LogP contribution in [0.25, 0.3) is 0 Å². The van der Waals surface area contributed by atoms with Crippen LogP contribution in [0.1, 0.15) is 19.8 Å². The number of ether oxygens (including phenoxy) is 1. The summed E-state index contributed by atoms with van der Waals surface area (Å²) >= 11 is 0. The lowest BCUT2D eigenvalue weighted by atomic mass is 9.75. The second-order valence-electron chi connectivity index (χ2n) is 4.20. The molecule has 2 rings (SSSR count). The monoisotopic (exact) mass is 191 g/mol. The molecule has 2 N–H and O–H groups in total. The van der Waals surface area contributed by atoms with Crippen molar-refractivity contribution < 1.29 is 4.74 Å².